The molecular weight excluding hydrogens is 202 g/mol. The van der Waals surface area contributed by atoms with Crippen LogP contribution >= 0.6 is 0 Å². The van der Waals surface area contributed by atoms with Gasteiger partial charge < -0.3 is 5.11 Å². The Labute approximate surface area is 98.8 Å². The molecule has 1 N–H and O–H groups in total. The third-order valence-electron chi connectivity index (χ3n) is 3.68. The number of carboxylic acids is 1. The Morgan fingerprint density at radius 1 is 1.50 bits per heavy atom. The molecular formula is C13H25NO2. The zero-order chi connectivity index (χ0) is 12.0. The zero-order valence-electron chi connectivity index (χ0n) is 10.6. The highest BCUT2D eigenvalue weighted by atomic mass is 16.4. The van der Waals surface area contributed by atoms with E-state index >= 15 is 0 Å². The van der Waals surface area contributed by atoms with E-state index in [0.29, 0.717) is 5.92 Å². The third-order valence-corrected chi connectivity index (χ3v) is 3.68. The summed E-state index contributed by atoms with van der Waals surface area (Å²) >= 11 is 0. The first-order valence-electron chi connectivity index (χ1n) is 6.65. The lowest BCUT2D eigenvalue weighted by Crippen LogP contribution is -2.39. The summed E-state index contributed by atoms with van der Waals surface area (Å²) in [5, 5.41) is 9.10. The summed E-state index contributed by atoms with van der Waals surface area (Å²) in [6.45, 7) is 6.38. The van der Waals surface area contributed by atoms with E-state index in [1.165, 1.54) is 25.7 Å². The summed E-state index contributed by atoms with van der Waals surface area (Å²) in [5.74, 6) is 0.0442. The number of carboxylic acid groups (broad SMARTS) is 1. The van der Waals surface area contributed by atoms with E-state index < -0.39 is 5.97 Å². The van der Waals surface area contributed by atoms with E-state index in [1.807, 2.05) is 0 Å². The van der Waals surface area contributed by atoms with Crippen molar-refractivity contribution < 1.29 is 9.90 Å². The van der Waals surface area contributed by atoms with Gasteiger partial charge in [0.05, 0.1) is 0 Å². The molecule has 0 amide bonds. The molecule has 1 heterocycles. The molecule has 2 atom stereocenters. The quantitative estimate of drug-likeness (QED) is 0.727. The summed E-state index contributed by atoms with van der Waals surface area (Å²) in [6.07, 6.45) is 6.79. The number of hydrogen-bond donors (Lipinski definition) is 1. The number of nitrogens with zero attached hydrogens (tertiary/aromatic N) is 1. The molecule has 1 aliphatic rings. The molecule has 94 valence electrons. The predicted octanol–water partition coefficient (Wildman–Crippen LogP) is 2.75. The van der Waals surface area contributed by atoms with E-state index in [4.69, 9.17) is 5.11 Å². The van der Waals surface area contributed by atoms with E-state index in [2.05, 4.69) is 18.7 Å². The van der Waals surface area contributed by atoms with Gasteiger partial charge in [0, 0.05) is 6.54 Å². The fourth-order valence-electron chi connectivity index (χ4n) is 2.57. The van der Waals surface area contributed by atoms with E-state index in [9.17, 15) is 4.79 Å². The molecule has 2 unspecified atom stereocenters. The van der Waals surface area contributed by atoms with Gasteiger partial charge in [-0.1, -0.05) is 33.1 Å². The van der Waals surface area contributed by atoms with Crippen LogP contribution in [0.25, 0.3) is 0 Å². The first-order valence-corrected chi connectivity index (χ1v) is 6.65. The van der Waals surface area contributed by atoms with Crippen molar-refractivity contribution in [2.24, 2.45) is 5.92 Å². The molecule has 1 fully saturated rings. The second-order valence-electron chi connectivity index (χ2n) is 4.91. The second-order valence-corrected chi connectivity index (χ2v) is 4.91. The molecule has 16 heavy (non-hydrogen) atoms. The lowest BCUT2D eigenvalue weighted by Gasteiger charge is -2.26. The van der Waals surface area contributed by atoms with Crippen molar-refractivity contribution in [1.29, 1.82) is 0 Å². The van der Waals surface area contributed by atoms with Crippen molar-refractivity contribution in [3.63, 3.8) is 0 Å². The van der Waals surface area contributed by atoms with Crippen LogP contribution in [0.5, 0.6) is 0 Å². The average molecular weight is 227 g/mol. The lowest BCUT2D eigenvalue weighted by atomic mass is 9.98. The van der Waals surface area contributed by atoms with Crippen LogP contribution in [0.3, 0.4) is 0 Å². The van der Waals surface area contributed by atoms with Gasteiger partial charge in [-0.3, -0.25) is 9.69 Å². The van der Waals surface area contributed by atoms with Crippen LogP contribution in [0.15, 0.2) is 0 Å². The molecule has 0 radical (unpaired) electrons. The highest BCUT2D eigenvalue weighted by Gasteiger charge is 2.31. The van der Waals surface area contributed by atoms with Crippen LogP contribution in [-0.4, -0.2) is 35.1 Å². The third kappa shape index (κ3) is 3.78. The Hall–Kier alpha value is -0.570. The summed E-state index contributed by atoms with van der Waals surface area (Å²) in [6, 6.07) is -0.212. The first-order chi connectivity index (χ1) is 7.69. The first kappa shape index (κ1) is 13.5. The molecule has 1 rings (SSSR count). The van der Waals surface area contributed by atoms with Crippen molar-refractivity contribution in [3.8, 4) is 0 Å². The van der Waals surface area contributed by atoms with Crippen molar-refractivity contribution >= 4 is 5.97 Å². The topological polar surface area (TPSA) is 40.5 Å². The molecule has 1 aliphatic heterocycles. The minimum absolute atomic E-state index is 0.212. The van der Waals surface area contributed by atoms with E-state index in [1.54, 1.807) is 0 Å². The van der Waals surface area contributed by atoms with Crippen LogP contribution in [0.2, 0.25) is 0 Å². The van der Waals surface area contributed by atoms with Gasteiger partial charge in [-0.2, -0.15) is 0 Å². The molecule has 0 aromatic carbocycles. The Morgan fingerprint density at radius 2 is 2.25 bits per heavy atom. The van der Waals surface area contributed by atoms with Gasteiger partial charge in [0.2, 0.25) is 0 Å². The molecule has 0 aromatic rings. The van der Waals surface area contributed by atoms with Gasteiger partial charge in [-0.25, -0.2) is 0 Å². The Morgan fingerprint density at radius 3 is 2.81 bits per heavy atom. The predicted molar refractivity (Wildman–Crippen MR) is 65.5 cm³/mol. The van der Waals surface area contributed by atoms with Crippen molar-refractivity contribution in [3.05, 3.63) is 0 Å². The Balaban J connectivity index is 2.40. The number of rotatable bonds is 7. The molecule has 0 spiro atoms. The highest BCUT2D eigenvalue weighted by molar-refractivity contribution is 5.73. The molecule has 3 nitrogen and oxygen atoms in total. The lowest BCUT2D eigenvalue weighted by molar-refractivity contribution is -0.142. The van der Waals surface area contributed by atoms with Gasteiger partial charge in [-0.05, 0) is 31.7 Å². The molecule has 0 bridgehead atoms. The fourth-order valence-corrected chi connectivity index (χ4v) is 2.57. The summed E-state index contributed by atoms with van der Waals surface area (Å²) in [5.41, 5.74) is 0. The van der Waals surface area contributed by atoms with Crippen LogP contribution in [-0.2, 0) is 4.79 Å². The zero-order valence-corrected chi connectivity index (χ0v) is 10.6. The summed E-state index contributed by atoms with van der Waals surface area (Å²) < 4.78 is 0. The normalized spacial score (nSPS) is 23.5. The van der Waals surface area contributed by atoms with Gasteiger partial charge in [0.1, 0.15) is 6.04 Å². The summed E-state index contributed by atoms with van der Waals surface area (Å²) in [7, 11) is 0. The number of aliphatic carboxylic acids is 1. The van der Waals surface area contributed by atoms with Crippen LogP contribution in [0, 0.1) is 5.92 Å². The van der Waals surface area contributed by atoms with Gasteiger partial charge in [0.25, 0.3) is 0 Å². The fraction of sp³-hybridized carbons (Fsp3) is 0.923. The molecule has 0 saturated carbocycles. The van der Waals surface area contributed by atoms with E-state index in [0.717, 1.165) is 25.9 Å². The number of carbonyl (C=O) groups is 1. The van der Waals surface area contributed by atoms with Gasteiger partial charge in [-0.15, -0.1) is 0 Å². The SMILES string of the molecule is CCCCC(CC)CN1CCCC1C(=O)O. The largest absolute Gasteiger partial charge is 0.480 e. The maximum Gasteiger partial charge on any atom is 0.320 e. The summed E-state index contributed by atoms with van der Waals surface area (Å²) in [4.78, 5) is 13.2. The van der Waals surface area contributed by atoms with Crippen LogP contribution < -0.4 is 0 Å². The monoisotopic (exact) mass is 227 g/mol. The maximum absolute atomic E-state index is 11.1. The van der Waals surface area contributed by atoms with Crippen molar-refractivity contribution in [2.45, 2.75) is 58.4 Å². The minimum Gasteiger partial charge on any atom is -0.480 e. The average Bonchev–Trinajstić information content (AvgIpc) is 2.72. The number of unbranched alkanes of at least 4 members (excludes halogenated alkanes) is 1. The van der Waals surface area contributed by atoms with Gasteiger partial charge in [0.15, 0.2) is 0 Å². The minimum atomic E-state index is -0.636. The number of likely N-dealkylation sites (tertiary alicyclic amines) is 1. The van der Waals surface area contributed by atoms with Crippen molar-refractivity contribution in [1.82, 2.24) is 4.90 Å². The highest BCUT2D eigenvalue weighted by Crippen LogP contribution is 2.22. The van der Waals surface area contributed by atoms with Crippen LogP contribution in [0.4, 0.5) is 0 Å². The van der Waals surface area contributed by atoms with Gasteiger partial charge >= 0.3 is 5.97 Å². The molecule has 0 aliphatic carbocycles. The number of hydrogen-bond acceptors (Lipinski definition) is 2. The standard InChI is InChI=1S/C13H25NO2/c1-3-5-7-11(4-2)10-14-9-6-8-12(14)13(15)16/h11-12H,3-10H2,1-2H3,(H,15,16). The Kier molecular flexibility index (Phi) is 5.81. The van der Waals surface area contributed by atoms with Crippen LogP contribution in [0.1, 0.15) is 52.4 Å². The Bertz CT molecular complexity index is 218. The molecule has 3 heteroatoms. The molecule has 1 saturated heterocycles. The smallest absolute Gasteiger partial charge is 0.320 e. The molecule has 0 aromatic heterocycles. The second kappa shape index (κ2) is 6.89. The van der Waals surface area contributed by atoms with E-state index in [-0.39, 0.29) is 6.04 Å². The van der Waals surface area contributed by atoms with Crippen molar-refractivity contribution in [2.75, 3.05) is 13.1 Å². The maximum atomic E-state index is 11.1.